The van der Waals surface area contributed by atoms with Crippen molar-refractivity contribution in [1.29, 1.82) is 0 Å². The van der Waals surface area contributed by atoms with E-state index in [4.69, 9.17) is 10.8 Å². The largest absolute Gasteiger partial charge is 0.508 e. The Morgan fingerprint density at radius 1 is 1.09 bits per heavy atom. The Labute approximate surface area is 128 Å². The van der Waals surface area contributed by atoms with Gasteiger partial charge in [-0.2, -0.15) is 0 Å². The molecule has 0 bridgehead atoms. The van der Waals surface area contributed by atoms with E-state index >= 15 is 0 Å². The summed E-state index contributed by atoms with van der Waals surface area (Å²) >= 11 is 0. The van der Waals surface area contributed by atoms with E-state index in [2.05, 4.69) is 16.0 Å². The van der Waals surface area contributed by atoms with Crippen LogP contribution in [0.1, 0.15) is 5.56 Å². The van der Waals surface area contributed by atoms with Crippen molar-refractivity contribution in [1.82, 2.24) is 16.0 Å². The minimum atomic E-state index is -0.809. The molecule has 0 fully saturated rings. The van der Waals surface area contributed by atoms with Gasteiger partial charge in [-0.15, -0.1) is 0 Å². The number of rotatable bonds is 7. The van der Waals surface area contributed by atoms with Crippen molar-refractivity contribution in [3.8, 4) is 5.75 Å². The molecule has 3 amide bonds. The highest BCUT2D eigenvalue weighted by molar-refractivity contribution is 5.89. The molecule has 22 heavy (non-hydrogen) atoms. The van der Waals surface area contributed by atoms with Crippen LogP contribution in [0.4, 0.5) is 0 Å². The summed E-state index contributed by atoms with van der Waals surface area (Å²) in [5, 5.41) is 16.3. The number of carbonyl (C=O) groups is 3. The molecule has 0 aliphatic rings. The number of nitrogens with two attached hydrogens (primary N) is 1. The van der Waals surface area contributed by atoms with Gasteiger partial charge in [0.05, 0.1) is 19.1 Å². The average Bonchev–Trinajstić information content (AvgIpc) is 2.52. The molecule has 0 unspecified atom stereocenters. The predicted octanol–water partition coefficient (Wildman–Crippen LogP) is -1.76. The first-order valence-corrected chi connectivity index (χ1v) is 6.71. The molecule has 6 N–H and O–H groups in total. The van der Waals surface area contributed by atoms with Crippen molar-refractivity contribution in [2.45, 2.75) is 12.5 Å². The molecule has 0 radical (unpaired) electrons. The summed E-state index contributed by atoms with van der Waals surface area (Å²) in [4.78, 5) is 34.1. The Balaban J connectivity index is 2.33. The minimum Gasteiger partial charge on any atom is -0.508 e. The van der Waals surface area contributed by atoms with Gasteiger partial charge in [-0.25, -0.2) is 0 Å². The highest BCUT2D eigenvalue weighted by Gasteiger charge is 2.15. The summed E-state index contributed by atoms with van der Waals surface area (Å²) in [6.45, 7) is -0.399. The Morgan fingerprint density at radius 2 is 1.68 bits per heavy atom. The summed E-state index contributed by atoms with van der Waals surface area (Å²) in [7, 11) is 1.46. The van der Waals surface area contributed by atoms with Crippen LogP contribution < -0.4 is 21.7 Å². The summed E-state index contributed by atoms with van der Waals surface area (Å²) in [5.41, 5.74) is 6.54. The van der Waals surface area contributed by atoms with Crippen molar-refractivity contribution in [3.63, 3.8) is 0 Å². The number of likely N-dealkylation sites (N-methyl/N-ethyl adjacent to an activating group) is 1. The van der Waals surface area contributed by atoms with Gasteiger partial charge in [0.15, 0.2) is 0 Å². The monoisotopic (exact) mass is 308 g/mol. The van der Waals surface area contributed by atoms with E-state index in [1.807, 2.05) is 0 Å². The Hall–Kier alpha value is -2.61. The van der Waals surface area contributed by atoms with E-state index in [1.54, 1.807) is 12.1 Å². The number of nitrogens with one attached hydrogen (secondary N) is 3. The predicted molar refractivity (Wildman–Crippen MR) is 79.9 cm³/mol. The molecule has 0 aliphatic heterocycles. The topological polar surface area (TPSA) is 134 Å². The molecule has 1 rings (SSSR count). The first-order valence-electron chi connectivity index (χ1n) is 6.71. The van der Waals surface area contributed by atoms with Crippen molar-refractivity contribution < 1.29 is 19.5 Å². The first-order chi connectivity index (χ1) is 10.4. The third kappa shape index (κ3) is 6.23. The number of phenols is 1. The van der Waals surface area contributed by atoms with Gasteiger partial charge in [-0.3, -0.25) is 14.4 Å². The van der Waals surface area contributed by atoms with Crippen LogP contribution in [0.25, 0.3) is 0 Å². The van der Waals surface area contributed by atoms with Gasteiger partial charge in [-0.1, -0.05) is 12.1 Å². The van der Waals surface area contributed by atoms with Gasteiger partial charge in [0, 0.05) is 7.05 Å². The normalized spacial score (nSPS) is 11.4. The van der Waals surface area contributed by atoms with Crippen molar-refractivity contribution in [2.24, 2.45) is 5.73 Å². The summed E-state index contributed by atoms with van der Waals surface area (Å²) < 4.78 is 0. The molecule has 0 heterocycles. The maximum Gasteiger partial charge on any atom is 0.239 e. The van der Waals surface area contributed by atoms with Crippen molar-refractivity contribution >= 4 is 17.7 Å². The van der Waals surface area contributed by atoms with Crippen molar-refractivity contribution in [3.05, 3.63) is 29.8 Å². The van der Waals surface area contributed by atoms with Crippen LogP contribution in [0.15, 0.2) is 24.3 Å². The summed E-state index contributed by atoms with van der Waals surface area (Å²) in [5.74, 6) is -1.14. The number of benzene rings is 1. The van der Waals surface area contributed by atoms with E-state index in [0.717, 1.165) is 5.56 Å². The molecule has 8 nitrogen and oxygen atoms in total. The molecule has 0 aliphatic carbocycles. The number of aromatic hydroxyl groups is 1. The molecular weight excluding hydrogens is 288 g/mol. The number of phenolic OH excluding ortho intramolecular Hbond substituents is 1. The quantitative estimate of drug-likeness (QED) is 0.407. The Kier molecular flexibility index (Phi) is 6.84. The summed E-state index contributed by atoms with van der Waals surface area (Å²) in [6.07, 6.45) is 0.284. The van der Waals surface area contributed by atoms with E-state index in [0.29, 0.717) is 0 Å². The zero-order valence-electron chi connectivity index (χ0n) is 12.3. The number of carbonyl (C=O) groups excluding carboxylic acids is 3. The van der Waals surface area contributed by atoms with Crippen LogP contribution in [0.5, 0.6) is 5.75 Å². The molecule has 0 spiro atoms. The van der Waals surface area contributed by atoms with Gasteiger partial charge in [-0.05, 0) is 24.1 Å². The van der Waals surface area contributed by atoms with Crippen LogP contribution in [0.3, 0.4) is 0 Å². The molecule has 120 valence electrons. The van der Waals surface area contributed by atoms with Gasteiger partial charge < -0.3 is 26.8 Å². The van der Waals surface area contributed by atoms with Crippen LogP contribution >= 0.6 is 0 Å². The molecule has 0 saturated carbocycles. The molecule has 1 aromatic rings. The second kappa shape index (κ2) is 8.63. The smallest absolute Gasteiger partial charge is 0.239 e. The molecule has 1 aromatic carbocycles. The van der Waals surface area contributed by atoms with Gasteiger partial charge in [0.2, 0.25) is 17.7 Å². The molecular formula is C14H20N4O4. The first kappa shape index (κ1) is 17.4. The summed E-state index contributed by atoms with van der Waals surface area (Å²) in [6, 6.07) is 5.53. The molecule has 0 saturated heterocycles. The second-order valence-corrected chi connectivity index (χ2v) is 4.64. The number of hydrogen-bond donors (Lipinski definition) is 5. The fraction of sp³-hybridized carbons (Fsp3) is 0.357. The van der Waals surface area contributed by atoms with E-state index in [-0.39, 0.29) is 31.2 Å². The lowest BCUT2D eigenvalue weighted by Gasteiger charge is -2.12. The van der Waals surface area contributed by atoms with Crippen LogP contribution in [0, 0.1) is 0 Å². The van der Waals surface area contributed by atoms with E-state index < -0.39 is 17.9 Å². The maximum atomic E-state index is 11.8. The highest BCUT2D eigenvalue weighted by atomic mass is 16.3. The fourth-order valence-electron chi connectivity index (χ4n) is 1.61. The number of hydrogen-bond acceptors (Lipinski definition) is 5. The third-order valence-corrected chi connectivity index (χ3v) is 2.88. The zero-order valence-corrected chi connectivity index (χ0v) is 12.3. The third-order valence-electron chi connectivity index (χ3n) is 2.88. The second-order valence-electron chi connectivity index (χ2n) is 4.64. The highest BCUT2D eigenvalue weighted by Crippen LogP contribution is 2.10. The van der Waals surface area contributed by atoms with Gasteiger partial charge >= 0.3 is 0 Å². The average molecular weight is 308 g/mol. The van der Waals surface area contributed by atoms with Crippen LogP contribution in [-0.2, 0) is 20.8 Å². The SMILES string of the molecule is CNC(=O)CNC(=O)CNC(=O)[C@@H](N)Cc1ccc(O)cc1. The van der Waals surface area contributed by atoms with Crippen molar-refractivity contribution in [2.75, 3.05) is 20.1 Å². The molecule has 8 heteroatoms. The standard InChI is InChI=1S/C14H20N4O4/c1-16-12(20)7-17-13(21)8-18-14(22)11(15)6-9-2-4-10(19)5-3-9/h2-5,11,19H,6-8,15H2,1H3,(H,16,20)(H,17,21)(H,18,22)/t11-/m0/s1. The maximum absolute atomic E-state index is 11.8. The molecule has 0 aromatic heterocycles. The van der Waals surface area contributed by atoms with Gasteiger partial charge in [0.1, 0.15) is 5.75 Å². The lowest BCUT2D eigenvalue weighted by atomic mass is 10.1. The molecule has 1 atom stereocenters. The lowest BCUT2D eigenvalue weighted by Crippen LogP contribution is -2.46. The van der Waals surface area contributed by atoms with Crippen LogP contribution in [0.2, 0.25) is 0 Å². The van der Waals surface area contributed by atoms with E-state index in [1.165, 1.54) is 19.2 Å². The Morgan fingerprint density at radius 3 is 2.27 bits per heavy atom. The fourth-order valence-corrected chi connectivity index (χ4v) is 1.61. The minimum absolute atomic E-state index is 0.134. The Bertz CT molecular complexity index is 530. The zero-order chi connectivity index (χ0) is 16.5. The lowest BCUT2D eigenvalue weighted by molar-refractivity contribution is -0.128. The van der Waals surface area contributed by atoms with E-state index in [9.17, 15) is 14.4 Å². The van der Waals surface area contributed by atoms with Crippen LogP contribution in [-0.4, -0.2) is 49.0 Å². The number of amides is 3. The van der Waals surface area contributed by atoms with Gasteiger partial charge in [0.25, 0.3) is 0 Å².